The standard InChI is InChI=1S/C22H28O5/c1-6-13(2)20(23)18-14(3)17(21(24)26-4)15-11-9-7-8-10-12-16(15)19(18)22(25)27-5/h7-8,13H,6,9-12H2,1-5H3/b8-7+. The van der Waals surface area contributed by atoms with E-state index in [0.29, 0.717) is 41.5 Å². The van der Waals surface area contributed by atoms with Gasteiger partial charge in [-0.3, -0.25) is 4.79 Å². The Labute approximate surface area is 160 Å². The molecule has 1 aliphatic rings. The lowest BCUT2D eigenvalue weighted by molar-refractivity contribution is 0.0581. The summed E-state index contributed by atoms with van der Waals surface area (Å²) in [4.78, 5) is 38.5. The summed E-state index contributed by atoms with van der Waals surface area (Å²) < 4.78 is 10.1. The Morgan fingerprint density at radius 2 is 1.41 bits per heavy atom. The highest BCUT2D eigenvalue weighted by Gasteiger charge is 2.33. The molecule has 2 rings (SSSR count). The molecule has 1 aromatic rings. The molecule has 0 saturated carbocycles. The van der Waals surface area contributed by atoms with Crippen LogP contribution < -0.4 is 0 Å². The Morgan fingerprint density at radius 1 is 0.926 bits per heavy atom. The van der Waals surface area contributed by atoms with Crippen LogP contribution in [0.15, 0.2) is 12.2 Å². The number of benzene rings is 1. The second-order valence-corrected chi connectivity index (χ2v) is 6.91. The number of allylic oxidation sites excluding steroid dienone is 2. The van der Waals surface area contributed by atoms with Gasteiger partial charge in [0.1, 0.15) is 0 Å². The highest BCUT2D eigenvalue weighted by Crippen LogP contribution is 2.34. The molecule has 0 saturated heterocycles. The molecule has 1 aliphatic carbocycles. The van der Waals surface area contributed by atoms with Gasteiger partial charge in [0, 0.05) is 11.5 Å². The van der Waals surface area contributed by atoms with Crippen molar-refractivity contribution in [1.82, 2.24) is 0 Å². The fourth-order valence-electron chi connectivity index (χ4n) is 3.68. The van der Waals surface area contributed by atoms with Gasteiger partial charge >= 0.3 is 11.9 Å². The number of hydrogen-bond acceptors (Lipinski definition) is 5. The molecule has 27 heavy (non-hydrogen) atoms. The Morgan fingerprint density at radius 3 is 1.89 bits per heavy atom. The first kappa shape index (κ1) is 20.9. The molecule has 0 aliphatic heterocycles. The minimum atomic E-state index is -0.526. The summed E-state index contributed by atoms with van der Waals surface area (Å²) in [5, 5.41) is 0. The molecule has 0 spiro atoms. The number of carbonyl (C=O) groups is 3. The number of methoxy groups -OCH3 is 2. The van der Waals surface area contributed by atoms with Crippen LogP contribution in [0.25, 0.3) is 0 Å². The number of ether oxygens (including phenoxy) is 2. The Kier molecular flexibility index (Phi) is 6.94. The number of rotatable bonds is 5. The molecule has 0 fully saturated rings. The topological polar surface area (TPSA) is 69.7 Å². The molecule has 1 aromatic carbocycles. The minimum absolute atomic E-state index is 0.138. The molecule has 1 atom stereocenters. The molecule has 5 heteroatoms. The van der Waals surface area contributed by atoms with Crippen molar-refractivity contribution >= 4 is 17.7 Å². The Balaban J connectivity index is 2.93. The summed E-state index contributed by atoms with van der Waals surface area (Å²) in [7, 11) is 2.65. The zero-order valence-electron chi connectivity index (χ0n) is 16.8. The van der Waals surface area contributed by atoms with E-state index in [1.807, 2.05) is 13.8 Å². The lowest BCUT2D eigenvalue weighted by atomic mass is 9.79. The predicted octanol–water partition coefficient (Wildman–Crippen LogP) is 4.23. The van der Waals surface area contributed by atoms with Crippen molar-refractivity contribution in [3.05, 3.63) is 45.5 Å². The zero-order chi connectivity index (χ0) is 20.1. The Bertz CT molecular complexity index is 789. The van der Waals surface area contributed by atoms with E-state index < -0.39 is 11.9 Å². The van der Waals surface area contributed by atoms with E-state index in [1.54, 1.807) is 6.92 Å². The fraction of sp³-hybridized carbons (Fsp3) is 0.500. The van der Waals surface area contributed by atoms with E-state index in [-0.39, 0.29) is 11.7 Å². The van der Waals surface area contributed by atoms with Gasteiger partial charge in [-0.25, -0.2) is 9.59 Å². The average Bonchev–Trinajstić information content (AvgIpc) is 2.66. The molecule has 0 N–H and O–H groups in total. The van der Waals surface area contributed by atoms with Gasteiger partial charge in [0.05, 0.1) is 25.3 Å². The number of esters is 2. The van der Waals surface area contributed by atoms with Crippen LogP contribution in [0.1, 0.15) is 80.9 Å². The van der Waals surface area contributed by atoms with Crippen LogP contribution in [0.2, 0.25) is 0 Å². The number of hydrogen-bond donors (Lipinski definition) is 0. The van der Waals surface area contributed by atoms with E-state index in [9.17, 15) is 14.4 Å². The number of fused-ring (bicyclic) bond motifs is 1. The first-order valence-corrected chi connectivity index (χ1v) is 9.43. The molecule has 5 nitrogen and oxygen atoms in total. The van der Waals surface area contributed by atoms with Crippen molar-refractivity contribution in [3.63, 3.8) is 0 Å². The molecule has 0 radical (unpaired) electrons. The maximum atomic E-state index is 13.2. The van der Waals surface area contributed by atoms with E-state index in [0.717, 1.165) is 24.0 Å². The van der Waals surface area contributed by atoms with Crippen LogP contribution >= 0.6 is 0 Å². The highest BCUT2D eigenvalue weighted by molar-refractivity contribution is 6.11. The summed E-state index contributed by atoms with van der Waals surface area (Å²) in [5.41, 5.74) is 3.09. The molecular weight excluding hydrogens is 344 g/mol. The maximum absolute atomic E-state index is 13.2. The SMILES string of the molecule is CCC(C)C(=O)c1c(C)c(C(=O)OC)c2c(c1C(=O)OC)CC/C=C/CC2. The van der Waals surface area contributed by atoms with Crippen molar-refractivity contribution in [2.24, 2.45) is 5.92 Å². The number of ketones is 1. The van der Waals surface area contributed by atoms with Gasteiger partial charge in [0.15, 0.2) is 5.78 Å². The van der Waals surface area contributed by atoms with E-state index in [4.69, 9.17) is 9.47 Å². The second kappa shape index (κ2) is 8.98. The summed E-state index contributed by atoms with van der Waals surface area (Å²) in [6, 6.07) is 0. The van der Waals surface area contributed by atoms with E-state index in [1.165, 1.54) is 14.2 Å². The van der Waals surface area contributed by atoms with E-state index in [2.05, 4.69) is 12.2 Å². The van der Waals surface area contributed by atoms with Crippen molar-refractivity contribution in [2.45, 2.75) is 52.9 Å². The highest BCUT2D eigenvalue weighted by atomic mass is 16.5. The van der Waals surface area contributed by atoms with Gasteiger partial charge in [-0.2, -0.15) is 0 Å². The van der Waals surface area contributed by atoms with Crippen molar-refractivity contribution in [1.29, 1.82) is 0 Å². The maximum Gasteiger partial charge on any atom is 0.338 e. The summed E-state index contributed by atoms with van der Waals surface area (Å²) >= 11 is 0. The molecule has 1 unspecified atom stereocenters. The quantitative estimate of drug-likeness (QED) is 0.439. The van der Waals surface area contributed by atoms with Gasteiger partial charge in [-0.05, 0) is 55.7 Å². The normalized spacial score (nSPS) is 15.7. The van der Waals surface area contributed by atoms with Gasteiger partial charge in [0.25, 0.3) is 0 Å². The van der Waals surface area contributed by atoms with Crippen molar-refractivity contribution in [3.8, 4) is 0 Å². The van der Waals surface area contributed by atoms with Crippen LogP contribution in [0.4, 0.5) is 0 Å². The Hall–Kier alpha value is -2.43. The molecular formula is C22H28O5. The zero-order valence-corrected chi connectivity index (χ0v) is 16.8. The smallest absolute Gasteiger partial charge is 0.338 e. The van der Waals surface area contributed by atoms with Crippen molar-refractivity contribution < 1.29 is 23.9 Å². The average molecular weight is 372 g/mol. The predicted molar refractivity (Wildman–Crippen MR) is 103 cm³/mol. The van der Waals surface area contributed by atoms with Crippen LogP contribution in [0.5, 0.6) is 0 Å². The van der Waals surface area contributed by atoms with Gasteiger partial charge in [0.2, 0.25) is 0 Å². The molecule has 0 amide bonds. The molecule has 0 bridgehead atoms. The first-order valence-electron chi connectivity index (χ1n) is 9.43. The lowest BCUT2D eigenvalue weighted by Crippen LogP contribution is -2.24. The summed E-state index contributed by atoms with van der Waals surface area (Å²) in [6.07, 6.45) is 7.47. The lowest BCUT2D eigenvalue weighted by Gasteiger charge is -2.24. The van der Waals surface area contributed by atoms with Gasteiger partial charge in [-0.1, -0.05) is 26.0 Å². The fourth-order valence-corrected chi connectivity index (χ4v) is 3.68. The monoisotopic (exact) mass is 372 g/mol. The molecule has 0 heterocycles. The van der Waals surface area contributed by atoms with Crippen LogP contribution in [-0.2, 0) is 22.3 Å². The molecule has 146 valence electrons. The van der Waals surface area contributed by atoms with Crippen LogP contribution in [-0.4, -0.2) is 31.9 Å². The minimum Gasteiger partial charge on any atom is -0.465 e. The van der Waals surface area contributed by atoms with Crippen LogP contribution in [0, 0.1) is 12.8 Å². The van der Waals surface area contributed by atoms with Gasteiger partial charge < -0.3 is 9.47 Å². The third-order valence-electron chi connectivity index (χ3n) is 5.34. The van der Waals surface area contributed by atoms with Gasteiger partial charge in [-0.15, -0.1) is 0 Å². The first-order chi connectivity index (χ1) is 12.9. The third kappa shape index (κ3) is 3.97. The third-order valence-corrected chi connectivity index (χ3v) is 5.34. The summed E-state index contributed by atoms with van der Waals surface area (Å²) in [6.45, 7) is 5.48. The number of Topliss-reactive ketones (excluding diaryl/α,β-unsaturated/α-hetero) is 1. The van der Waals surface area contributed by atoms with E-state index >= 15 is 0 Å². The summed E-state index contributed by atoms with van der Waals surface area (Å²) in [5.74, 6) is -1.39. The largest absolute Gasteiger partial charge is 0.465 e. The second-order valence-electron chi connectivity index (χ2n) is 6.91. The van der Waals surface area contributed by atoms with Crippen LogP contribution in [0.3, 0.4) is 0 Å². The molecule has 0 aromatic heterocycles. The van der Waals surface area contributed by atoms with Crippen molar-refractivity contribution in [2.75, 3.05) is 14.2 Å². The number of carbonyl (C=O) groups excluding carboxylic acids is 3.